The molecule has 0 aromatic rings. The summed E-state index contributed by atoms with van der Waals surface area (Å²) in [6.07, 6.45) is 0. The number of amides is 1. The van der Waals surface area contributed by atoms with Crippen molar-refractivity contribution in [3.63, 3.8) is 0 Å². The van der Waals surface area contributed by atoms with Crippen LogP contribution < -0.4 is 11.1 Å². The summed E-state index contributed by atoms with van der Waals surface area (Å²) in [7, 11) is 0.440. The van der Waals surface area contributed by atoms with Crippen LogP contribution in [0.25, 0.3) is 0 Å². The zero-order chi connectivity index (χ0) is 12.6. The molecule has 0 aliphatic rings. The minimum absolute atomic E-state index is 0.0401. The molecule has 3 atom stereocenters. The van der Waals surface area contributed by atoms with Crippen LogP contribution >= 0.6 is 0 Å². The molecule has 0 aliphatic carbocycles. The fourth-order valence-corrected chi connectivity index (χ4v) is 2.46. The Bertz CT molecular complexity index is 236. The van der Waals surface area contributed by atoms with Gasteiger partial charge in [0.25, 0.3) is 0 Å². The van der Waals surface area contributed by atoms with Crippen LogP contribution in [0.2, 0.25) is 0 Å². The van der Waals surface area contributed by atoms with E-state index >= 15 is 0 Å². The summed E-state index contributed by atoms with van der Waals surface area (Å²) >= 11 is 0. The molecule has 0 saturated heterocycles. The fourth-order valence-electron chi connectivity index (χ4n) is 1.20. The Morgan fingerprint density at radius 2 is 2.12 bits per heavy atom. The number of rotatable bonds is 8. The summed E-state index contributed by atoms with van der Waals surface area (Å²) in [5.41, 5.74) is 5.42. The topological polar surface area (TPSA) is 81.4 Å². The highest BCUT2D eigenvalue weighted by Gasteiger charge is 2.12. The van der Waals surface area contributed by atoms with E-state index in [-0.39, 0.29) is 23.6 Å². The summed E-state index contributed by atoms with van der Waals surface area (Å²) in [5, 5.41) is 2.71. The highest BCUT2D eigenvalue weighted by Crippen LogP contribution is 1.96. The van der Waals surface area contributed by atoms with Crippen molar-refractivity contribution in [1.29, 1.82) is 0 Å². The average Bonchev–Trinajstić information content (AvgIpc) is 2.16. The lowest BCUT2D eigenvalue weighted by molar-refractivity contribution is -0.119. The second-order valence-corrected chi connectivity index (χ2v) is 5.52. The molecule has 0 spiro atoms. The standard InChI is InChI=1S/C10H22N2O3S/c1-8(4-11)6-16(14)7-10(13)12-9(2)5-15-3/h8-9H,4-7,11H2,1-3H3,(H,12,13). The van der Waals surface area contributed by atoms with Gasteiger partial charge in [0.15, 0.2) is 0 Å². The molecule has 0 aromatic carbocycles. The van der Waals surface area contributed by atoms with E-state index in [2.05, 4.69) is 5.32 Å². The Kier molecular flexibility index (Phi) is 8.42. The summed E-state index contributed by atoms with van der Waals surface area (Å²) in [4.78, 5) is 11.4. The fraction of sp³-hybridized carbons (Fsp3) is 0.900. The van der Waals surface area contributed by atoms with Crippen molar-refractivity contribution in [2.75, 3.05) is 31.8 Å². The zero-order valence-electron chi connectivity index (χ0n) is 10.2. The number of methoxy groups -OCH3 is 1. The Labute approximate surface area is 99.6 Å². The summed E-state index contributed by atoms with van der Waals surface area (Å²) in [5.74, 6) is 0.498. The Balaban J connectivity index is 3.82. The molecule has 16 heavy (non-hydrogen) atoms. The van der Waals surface area contributed by atoms with Crippen LogP contribution in [0.1, 0.15) is 13.8 Å². The molecular weight excluding hydrogens is 228 g/mol. The number of nitrogens with one attached hydrogen (secondary N) is 1. The van der Waals surface area contributed by atoms with E-state index in [1.807, 2.05) is 13.8 Å². The Morgan fingerprint density at radius 3 is 2.62 bits per heavy atom. The van der Waals surface area contributed by atoms with Crippen molar-refractivity contribution in [3.8, 4) is 0 Å². The van der Waals surface area contributed by atoms with Crippen molar-refractivity contribution in [2.24, 2.45) is 11.7 Å². The molecule has 0 heterocycles. The van der Waals surface area contributed by atoms with Gasteiger partial charge in [0.05, 0.1) is 6.61 Å². The molecule has 0 rings (SSSR count). The van der Waals surface area contributed by atoms with Gasteiger partial charge in [-0.15, -0.1) is 0 Å². The van der Waals surface area contributed by atoms with E-state index in [1.54, 1.807) is 7.11 Å². The van der Waals surface area contributed by atoms with Gasteiger partial charge < -0.3 is 15.8 Å². The monoisotopic (exact) mass is 250 g/mol. The van der Waals surface area contributed by atoms with Crippen LogP contribution in [-0.2, 0) is 20.3 Å². The Hall–Kier alpha value is -0.460. The summed E-state index contributed by atoms with van der Waals surface area (Å²) < 4.78 is 16.4. The normalized spacial score (nSPS) is 16.5. The number of nitrogens with two attached hydrogens (primary N) is 1. The van der Waals surface area contributed by atoms with Gasteiger partial charge in [-0.25, -0.2) is 0 Å². The molecule has 1 amide bonds. The lowest BCUT2D eigenvalue weighted by atomic mass is 10.2. The lowest BCUT2D eigenvalue weighted by Crippen LogP contribution is -2.38. The first kappa shape index (κ1) is 15.5. The van der Waals surface area contributed by atoms with E-state index in [9.17, 15) is 9.00 Å². The molecule has 0 bridgehead atoms. The van der Waals surface area contributed by atoms with Crippen molar-refractivity contribution >= 4 is 16.7 Å². The molecule has 0 aliphatic heterocycles. The SMILES string of the molecule is COCC(C)NC(=O)CS(=O)CC(C)CN. The molecule has 0 aromatic heterocycles. The summed E-state index contributed by atoms with van der Waals surface area (Å²) in [6.45, 7) is 4.71. The van der Waals surface area contributed by atoms with Crippen LogP contribution in [0.5, 0.6) is 0 Å². The zero-order valence-corrected chi connectivity index (χ0v) is 11.0. The number of carbonyl (C=O) groups excluding carboxylic acids is 1. The number of carbonyl (C=O) groups is 1. The number of hydrogen-bond acceptors (Lipinski definition) is 4. The molecule has 6 heteroatoms. The van der Waals surface area contributed by atoms with Crippen LogP contribution in [0.4, 0.5) is 0 Å². The molecule has 0 radical (unpaired) electrons. The maximum atomic E-state index is 11.5. The first-order chi connectivity index (χ1) is 7.49. The van der Waals surface area contributed by atoms with Crippen molar-refractivity contribution < 1.29 is 13.7 Å². The first-order valence-corrected chi connectivity index (χ1v) is 6.81. The Morgan fingerprint density at radius 1 is 1.50 bits per heavy atom. The van der Waals surface area contributed by atoms with Gasteiger partial charge in [-0.1, -0.05) is 6.92 Å². The third-order valence-electron chi connectivity index (χ3n) is 1.99. The average molecular weight is 250 g/mol. The molecule has 0 saturated carbocycles. The van der Waals surface area contributed by atoms with Gasteiger partial charge in [-0.2, -0.15) is 0 Å². The highest BCUT2D eigenvalue weighted by molar-refractivity contribution is 7.85. The maximum absolute atomic E-state index is 11.5. The van der Waals surface area contributed by atoms with Crippen LogP contribution in [0.15, 0.2) is 0 Å². The molecule has 3 unspecified atom stereocenters. The van der Waals surface area contributed by atoms with Crippen LogP contribution in [0, 0.1) is 5.92 Å². The van der Waals surface area contributed by atoms with Gasteiger partial charge in [0.2, 0.25) is 5.91 Å². The smallest absolute Gasteiger partial charge is 0.232 e. The van der Waals surface area contributed by atoms with Crippen LogP contribution in [0.3, 0.4) is 0 Å². The lowest BCUT2D eigenvalue weighted by Gasteiger charge is -2.13. The third kappa shape index (κ3) is 7.78. The predicted octanol–water partition coefficient (Wildman–Crippen LogP) is -0.519. The van der Waals surface area contributed by atoms with Crippen molar-refractivity contribution in [3.05, 3.63) is 0 Å². The molecule has 96 valence electrons. The minimum Gasteiger partial charge on any atom is -0.383 e. The van der Waals surface area contributed by atoms with Gasteiger partial charge >= 0.3 is 0 Å². The van der Waals surface area contributed by atoms with Crippen LogP contribution in [-0.4, -0.2) is 47.9 Å². The number of hydrogen-bond donors (Lipinski definition) is 2. The van der Waals surface area contributed by atoms with Gasteiger partial charge in [0, 0.05) is 29.7 Å². The predicted molar refractivity (Wildman–Crippen MR) is 65.6 cm³/mol. The molecule has 0 fully saturated rings. The van der Waals surface area contributed by atoms with E-state index < -0.39 is 10.8 Å². The van der Waals surface area contributed by atoms with E-state index in [0.717, 1.165) is 0 Å². The van der Waals surface area contributed by atoms with Gasteiger partial charge in [-0.05, 0) is 19.4 Å². The maximum Gasteiger partial charge on any atom is 0.232 e. The largest absolute Gasteiger partial charge is 0.383 e. The highest BCUT2D eigenvalue weighted by atomic mass is 32.2. The van der Waals surface area contributed by atoms with Crippen molar-refractivity contribution in [1.82, 2.24) is 5.32 Å². The summed E-state index contributed by atoms with van der Waals surface area (Å²) in [6, 6.07) is -0.0542. The molecule has 3 N–H and O–H groups in total. The van der Waals surface area contributed by atoms with E-state index in [4.69, 9.17) is 10.5 Å². The number of ether oxygens (including phenoxy) is 1. The van der Waals surface area contributed by atoms with E-state index in [0.29, 0.717) is 18.9 Å². The molecule has 5 nitrogen and oxygen atoms in total. The molecular formula is C10H22N2O3S. The van der Waals surface area contributed by atoms with Gasteiger partial charge in [0.1, 0.15) is 5.75 Å². The second kappa shape index (κ2) is 8.66. The quantitative estimate of drug-likeness (QED) is 0.607. The minimum atomic E-state index is -1.13. The van der Waals surface area contributed by atoms with Crippen molar-refractivity contribution in [2.45, 2.75) is 19.9 Å². The van der Waals surface area contributed by atoms with Gasteiger partial charge in [-0.3, -0.25) is 9.00 Å². The van der Waals surface area contributed by atoms with E-state index in [1.165, 1.54) is 0 Å². The second-order valence-electron chi connectivity index (χ2n) is 4.02. The first-order valence-electron chi connectivity index (χ1n) is 5.32. The third-order valence-corrected chi connectivity index (χ3v) is 3.51.